The maximum absolute atomic E-state index is 13.0. The molecule has 13 aromatic rings. The number of amides is 9. The molecule has 0 aliphatic carbocycles. The van der Waals surface area contributed by atoms with Gasteiger partial charge < -0.3 is 76.6 Å². The number of hydrogen-bond acceptors (Lipinski definition) is 30. The number of urea groups is 2. The summed E-state index contributed by atoms with van der Waals surface area (Å²) in [5, 5.41) is 28.4. The van der Waals surface area contributed by atoms with E-state index in [2.05, 4.69) is 145 Å². The van der Waals surface area contributed by atoms with Crippen molar-refractivity contribution in [1.29, 1.82) is 0 Å². The van der Waals surface area contributed by atoms with Crippen molar-refractivity contribution < 1.29 is 60.9 Å². The number of carbonyl (C=O) groups excluding carboxylic acids is 7. The van der Waals surface area contributed by atoms with Gasteiger partial charge in [0.05, 0.1) is 96.8 Å². The molecular weight excluding hydrogens is 1910 g/mol. The number of anilines is 4. The smallest absolute Gasteiger partial charge is 0.408 e. The second-order valence-electron chi connectivity index (χ2n) is 38.0. The number of imidazole rings is 3. The van der Waals surface area contributed by atoms with Gasteiger partial charge in [-0.15, -0.1) is 22.7 Å². The number of nitrogens with zero attached hydrogens (tertiary/aromatic N) is 23. The van der Waals surface area contributed by atoms with Crippen LogP contribution in [0.1, 0.15) is 161 Å². The maximum Gasteiger partial charge on any atom is 0.408 e. The molecule has 19 rings (SSSR count). The Bertz CT molecular complexity index is 6680. The van der Waals surface area contributed by atoms with Crippen molar-refractivity contribution in [1.82, 2.24) is 108 Å². The Morgan fingerprint density at radius 1 is 0.528 bits per heavy atom. The minimum absolute atomic E-state index is 0.00518. The van der Waals surface area contributed by atoms with Gasteiger partial charge in [-0.2, -0.15) is 28.5 Å². The molecule has 48 heteroatoms. The molecule has 0 spiro atoms. The Morgan fingerprint density at radius 3 is 1.43 bits per heavy atom. The first-order chi connectivity index (χ1) is 67.3. The normalized spacial score (nSPS) is 17.0. The van der Waals surface area contributed by atoms with Gasteiger partial charge in [0.15, 0.2) is 16.1 Å². The molecule has 41 nitrogen and oxygen atoms in total. The average Bonchev–Trinajstić information content (AvgIpc) is 1.62. The lowest BCUT2D eigenvalue weighted by Gasteiger charge is -2.23. The van der Waals surface area contributed by atoms with Crippen LogP contribution in [0.2, 0.25) is 0 Å². The predicted molar refractivity (Wildman–Crippen MR) is 533 cm³/mol. The van der Waals surface area contributed by atoms with Crippen LogP contribution in [0.4, 0.5) is 44.7 Å². The minimum Gasteiger partial charge on any atom is -0.491 e. The molecule has 6 aliphatic rings. The first kappa shape index (κ1) is 102. The highest BCUT2D eigenvalue weighted by Gasteiger charge is 2.42. The number of carbonyl (C=O) groups is 7. The number of fused-ring (bicyclic) bond motifs is 9. The van der Waals surface area contributed by atoms with Crippen molar-refractivity contribution in [2.24, 2.45) is 46.4 Å². The topological polar surface area (TPSA) is 533 Å². The summed E-state index contributed by atoms with van der Waals surface area (Å²) in [7, 11) is 0. The SMILES string of the molecule is CC(C)n1nccc1-c1cn2c(n1)-c1cnc(C[C@@H](C)C(N)=O)cc1OCC2.CC(C)n1nccc1-c1cn2c(n1)-c1cnc(NCC(N)=O)cc1OCC2.Cc1nc(-c2cn3c(n2)-c2cnc(N4CCC[C@H]4C(N)=O)cc2OCC3)n(CC(F)(F)F)n1.Cc1nc(NC(=O)N2CC[C@@H](C)[C@H]2C(N)=O)sc1-c1csc(C(C)(C)C)n1.Cc1nc(NC(=O)N2CC[C@H](C)[C@H]2C(N)=O)sc1-c1csc(C(C)(C)C)n1. The number of thiazole rings is 4. The van der Waals surface area contributed by atoms with E-state index in [9.17, 15) is 46.7 Å². The number of aryl methyl sites for hydroxylation is 3. The fourth-order valence-electron chi connectivity index (χ4n) is 17.2. The summed E-state index contributed by atoms with van der Waals surface area (Å²) in [4.78, 5) is 140. The third-order valence-corrected chi connectivity index (χ3v) is 29.0. The lowest BCUT2D eigenvalue weighted by Crippen LogP contribution is -2.47. The summed E-state index contributed by atoms with van der Waals surface area (Å²) in [6.45, 7) is 35.8. The number of ether oxygens (including phenoxy) is 3. The molecule has 9 amide bonds. The monoisotopic (exact) mass is 2020 g/mol. The number of alkyl halides is 3. The van der Waals surface area contributed by atoms with Crippen LogP contribution in [0, 0.1) is 38.5 Å². The van der Waals surface area contributed by atoms with E-state index >= 15 is 0 Å². The number of primary amides is 5. The summed E-state index contributed by atoms with van der Waals surface area (Å²) in [6, 6.07) is 7.60. The number of likely N-dealkylation sites (tertiary alicyclic amines) is 2. The second kappa shape index (κ2) is 42.3. The molecule has 3 saturated heterocycles. The number of rotatable bonds is 20. The van der Waals surface area contributed by atoms with E-state index in [1.54, 1.807) is 83.5 Å². The number of pyridine rings is 3. The lowest BCUT2D eigenvalue weighted by molar-refractivity contribution is -0.142. The Balaban J connectivity index is 0.000000134. The van der Waals surface area contributed by atoms with E-state index < -0.39 is 54.5 Å². The van der Waals surface area contributed by atoms with Gasteiger partial charge in [-0.3, -0.25) is 49.0 Å². The van der Waals surface area contributed by atoms with Crippen LogP contribution in [0.15, 0.2) is 90.7 Å². The number of nitrogens with one attached hydrogen (secondary N) is 3. The van der Waals surface area contributed by atoms with Crippen molar-refractivity contribution in [2.75, 3.05) is 66.8 Å². The Morgan fingerprint density at radius 2 is 0.986 bits per heavy atom. The Hall–Kier alpha value is -14.2. The molecular formula is C94H116F3N31O10S4. The Kier molecular flexibility index (Phi) is 30.5. The number of halogens is 3. The first-order valence-corrected chi connectivity index (χ1v) is 49.9. The van der Waals surface area contributed by atoms with E-state index in [4.69, 9.17) is 62.8 Å². The molecule has 19 heterocycles. The molecule has 0 aromatic carbocycles. The highest BCUT2D eigenvalue weighted by Crippen LogP contribution is 2.44. The van der Waals surface area contributed by atoms with Gasteiger partial charge in [-0.1, -0.05) is 85.0 Å². The van der Waals surface area contributed by atoms with Crippen molar-refractivity contribution in [2.45, 2.75) is 216 Å². The van der Waals surface area contributed by atoms with Crippen LogP contribution in [0.3, 0.4) is 0 Å². The van der Waals surface area contributed by atoms with Crippen LogP contribution >= 0.6 is 45.3 Å². The largest absolute Gasteiger partial charge is 0.491 e. The van der Waals surface area contributed by atoms with E-state index in [1.807, 2.05) is 83.3 Å². The van der Waals surface area contributed by atoms with Gasteiger partial charge in [0, 0.05) is 139 Å². The van der Waals surface area contributed by atoms with Crippen molar-refractivity contribution in [3.63, 3.8) is 0 Å². The van der Waals surface area contributed by atoms with Gasteiger partial charge in [0.2, 0.25) is 29.5 Å². The molecule has 6 aliphatic heterocycles. The molecule has 3 fully saturated rings. The molecule has 13 aromatic heterocycles. The van der Waals surface area contributed by atoms with Gasteiger partial charge in [0.25, 0.3) is 0 Å². The number of aromatic nitrogens is 20. The highest BCUT2D eigenvalue weighted by molar-refractivity contribution is 7.20. The van der Waals surface area contributed by atoms with Crippen molar-refractivity contribution >= 4 is 109 Å². The number of nitrogens with two attached hydrogens (primary N) is 5. The van der Waals surface area contributed by atoms with E-state index in [-0.39, 0.29) is 82.5 Å². The zero-order chi connectivity index (χ0) is 102. The minimum atomic E-state index is -4.44. The summed E-state index contributed by atoms with van der Waals surface area (Å²) in [5.41, 5.74) is 37.4. The fraction of sp³-hybridized carbons (Fsp3) is 0.457. The third kappa shape index (κ3) is 23.2. The van der Waals surface area contributed by atoms with Gasteiger partial charge in [-0.05, 0) is 98.1 Å². The molecule has 142 heavy (non-hydrogen) atoms. The first-order valence-electron chi connectivity index (χ1n) is 46.5. The molecule has 0 saturated carbocycles. The van der Waals surface area contributed by atoms with Crippen LogP contribution in [0.5, 0.6) is 17.2 Å². The molecule has 13 N–H and O–H groups in total. The summed E-state index contributed by atoms with van der Waals surface area (Å²) < 4.78 is 67.4. The van der Waals surface area contributed by atoms with Crippen LogP contribution in [-0.4, -0.2) is 220 Å². The summed E-state index contributed by atoms with van der Waals surface area (Å²) in [5.74, 6) is 3.15. The van der Waals surface area contributed by atoms with Gasteiger partial charge in [-0.25, -0.2) is 64.1 Å². The molecule has 6 atom stereocenters. The second-order valence-corrected chi connectivity index (χ2v) is 41.7. The molecule has 0 radical (unpaired) electrons. The Labute approximate surface area is 832 Å². The third-order valence-electron chi connectivity index (χ3n) is 24.2. The van der Waals surface area contributed by atoms with E-state index in [0.717, 1.165) is 123 Å². The van der Waals surface area contributed by atoms with Crippen LogP contribution in [0.25, 0.3) is 89.6 Å². The van der Waals surface area contributed by atoms with E-state index in [1.165, 1.54) is 39.4 Å². The summed E-state index contributed by atoms with van der Waals surface area (Å²) >= 11 is 6.04. The van der Waals surface area contributed by atoms with Crippen molar-refractivity contribution in [3.8, 4) is 107 Å². The van der Waals surface area contributed by atoms with Crippen molar-refractivity contribution in [3.05, 3.63) is 124 Å². The van der Waals surface area contributed by atoms with Gasteiger partial charge in [0.1, 0.15) is 114 Å². The quantitative estimate of drug-likeness (QED) is 0.0351. The number of hydrogen-bond donors (Lipinski definition) is 8. The zero-order valence-corrected chi connectivity index (χ0v) is 84.9. The van der Waals surface area contributed by atoms with Crippen LogP contribution < -0.4 is 63.7 Å². The van der Waals surface area contributed by atoms with E-state index in [0.29, 0.717) is 117 Å². The lowest BCUT2D eigenvalue weighted by atomic mass is 9.98. The summed E-state index contributed by atoms with van der Waals surface area (Å²) in [6.07, 6.45) is 13.4. The predicted octanol–water partition coefficient (Wildman–Crippen LogP) is 13.2. The zero-order valence-electron chi connectivity index (χ0n) is 81.6. The van der Waals surface area contributed by atoms with Crippen LogP contribution in [-0.2, 0) is 67.4 Å². The standard InChI is InChI=1S/C20H21F3N8O2.C20H24N6O2.C18H21N7O2.2C18H25N5O2S2/c1-11-26-19(31(28-11)10-20(21,22)23)13-9-29-5-6-33-15-7-16(25-8-12(15)18(29)27-13)30-4-2-3-14(30)17(24)32;1-12(2)26-17(4-5-23-26)16-11-25-6-7-28-18-9-14(8-13(3)19(21)27)22-10-15(18)20(25)24-16;1-11(2)25-14(3-4-22-25)13-10-24-5-6-27-15-7-17(21-9-16(19)26)20-8-12(15)18(24)23-13;2*1-9-6-7-23(12(9)14(19)24)17(25)22-16-20-10(2)13(27-16)11-8-26-15(21-11)18(3,4)5/h7-9,14H,2-6,10H2,1H3,(H2,24,32);4-5,9-13H,6-8H2,1-3H3,(H2,21,27);3-4,7-8,10-11H,5-6,9H2,1-2H3,(H2,19,26)(H,20,21);2*8-9,12H,6-7H2,1-5H3,(H2,19,24)(H,20,22,25)/t14-;13-;;9-,12+;9-,12-/m01.10/s1. The highest BCUT2D eigenvalue weighted by atomic mass is 32.1. The molecule has 0 unspecified atom stereocenters. The maximum atomic E-state index is 13.0. The molecule has 752 valence electrons. The van der Waals surface area contributed by atoms with Gasteiger partial charge >= 0.3 is 18.2 Å². The average molecular weight is 2030 g/mol. The fourth-order valence-corrected chi connectivity index (χ4v) is 20.9. The molecule has 0 bridgehead atoms.